The van der Waals surface area contributed by atoms with E-state index in [2.05, 4.69) is 9.97 Å². The highest BCUT2D eigenvalue weighted by Gasteiger charge is 2.17. The van der Waals surface area contributed by atoms with E-state index in [1.54, 1.807) is 0 Å². The monoisotopic (exact) mass is 406 g/mol. The second-order valence-corrected chi connectivity index (χ2v) is 6.37. The predicted molar refractivity (Wildman–Crippen MR) is 105 cm³/mol. The quantitative estimate of drug-likeness (QED) is 0.397. The Morgan fingerprint density at radius 3 is 1.52 bits per heavy atom. The summed E-state index contributed by atoms with van der Waals surface area (Å²) in [6, 6.07) is 0. The lowest BCUT2D eigenvalue weighted by Crippen LogP contribution is -2.42. The van der Waals surface area contributed by atoms with Crippen molar-refractivity contribution in [3.8, 4) is 0 Å². The molecule has 12 heteroatoms. The fourth-order valence-corrected chi connectivity index (χ4v) is 3.02. The molecule has 0 bridgehead atoms. The van der Waals surface area contributed by atoms with Gasteiger partial charge in [-0.15, -0.1) is 0 Å². The van der Waals surface area contributed by atoms with E-state index >= 15 is 0 Å². The summed E-state index contributed by atoms with van der Waals surface area (Å²) in [7, 11) is 5.18. The van der Waals surface area contributed by atoms with E-state index in [-0.39, 0.29) is 31.5 Å². The molecule has 0 aliphatic heterocycles. The van der Waals surface area contributed by atoms with Crippen LogP contribution in [0.2, 0.25) is 0 Å². The first-order chi connectivity index (χ1) is 16.0. The fraction of sp³-hybridized carbons (Fsp3) is 0.412. The van der Waals surface area contributed by atoms with Crippen LogP contribution in [0.4, 0.5) is 0 Å². The van der Waals surface area contributed by atoms with E-state index < -0.39 is 41.9 Å². The number of aromatic nitrogens is 8. The van der Waals surface area contributed by atoms with Gasteiger partial charge in [0.2, 0.25) is 0 Å². The first-order valence-corrected chi connectivity index (χ1v) is 8.27. The van der Waals surface area contributed by atoms with Crippen molar-refractivity contribution >= 4 is 22.3 Å². The number of hydrogen-bond donors (Lipinski definition) is 0. The number of hydrogen-bond acceptors (Lipinski definition) is 6. The highest BCUT2D eigenvalue weighted by atomic mass is 16.2. The van der Waals surface area contributed by atoms with E-state index in [1.807, 2.05) is 0 Å². The highest BCUT2D eigenvalue weighted by molar-refractivity contribution is 5.70. The minimum atomic E-state index is -3.81. The molecule has 152 valence electrons. The zero-order chi connectivity index (χ0) is 26.4. The van der Waals surface area contributed by atoms with Crippen molar-refractivity contribution in [2.75, 3.05) is 0 Å². The third-order valence-electron chi connectivity index (χ3n) is 4.57. The van der Waals surface area contributed by atoms with Crippen LogP contribution < -0.4 is 22.5 Å². The summed E-state index contributed by atoms with van der Waals surface area (Å²) in [6.45, 7) is -7.38. The molecule has 0 aliphatic rings. The topological polar surface area (TPSA) is 124 Å². The van der Waals surface area contributed by atoms with Crippen molar-refractivity contribution < 1.29 is 8.22 Å². The van der Waals surface area contributed by atoms with Gasteiger partial charge < -0.3 is 9.13 Å². The molecular formula is C17H20N8O4. The van der Waals surface area contributed by atoms with Gasteiger partial charge in [0.25, 0.3) is 11.1 Å². The Labute approximate surface area is 170 Å². The summed E-state index contributed by atoms with van der Waals surface area (Å²) < 4.78 is 54.6. The molecule has 0 aromatic carbocycles. The number of nitrogens with zero attached hydrogens (tertiary/aromatic N) is 8. The lowest BCUT2D eigenvalue weighted by Gasteiger charge is -2.10. The maximum Gasteiger partial charge on any atom is 0.332 e. The zero-order valence-electron chi connectivity index (χ0n) is 21.9. The van der Waals surface area contributed by atoms with Crippen molar-refractivity contribution in [2.45, 2.75) is 19.4 Å². The van der Waals surface area contributed by atoms with Crippen LogP contribution in [0.15, 0.2) is 31.8 Å². The number of fused-ring (bicyclic) bond motifs is 2. The van der Waals surface area contributed by atoms with Gasteiger partial charge in [-0.1, -0.05) is 0 Å². The molecular weight excluding hydrogens is 380 g/mol. The van der Waals surface area contributed by atoms with Crippen LogP contribution in [0.25, 0.3) is 22.3 Å². The van der Waals surface area contributed by atoms with Crippen LogP contribution in [0, 0.1) is 0 Å². The van der Waals surface area contributed by atoms with Gasteiger partial charge in [-0.25, -0.2) is 19.6 Å². The minimum absolute atomic E-state index is 0.0764. The number of imidazole rings is 2. The summed E-state index contributed by atoms with van der Waals surface area (Å²) in [5.74, 6) is 0. The molecule has 0 aliphatic carbocycles. The second-order valence-electron chi connectivity index (χ2n) is 6.37. The molecule has 4 aromatic rings. The maximum absolute atomic E-state index is 13.1. The third-order valence-corrected chi connectivity index (χ3v) is 4.57. The predicted octanol–water partition coefficient (Wildman–Crippen LogP) is -1.73. The van der Waals surface area contributed by atoms with E-state index in [9.17, 15) is 19.2 Å². The van der Waals surface area contributed by atoms with E-state index in [0.717, 1.165) is 9.13 Å². The van der Waals surface area contributed by atoms with Gasteiger partial charge in [-0.2, -0.15) is 0 Å². The van der Waals surface area contributed by atoms with E-state index in [4.69, 9.17) is 8.22 Å². The van der Waals surface area contributed by atoms with Crippen LogP contribution >= 0.6 is 0 Å². The third kappa shape index (κ3) is 2.59. The summed E-state index contributed by atoms with van der Waals surface area (Å²) in [5, 5.41) is 0. The fourth-order valence-electron chi connectivity index (χ4n) is 3.02. The Morgan fingerprint density at radius 2 is 1.14 bits per heavy atom. The SMILES string of the molecule is [2H]C([2H])(n1c(=O)c2c(ncn2C)n(C)c1=O)C([2H])([2H])C([2H])([2H])n1c(=O)c2c(ncn2C)n(C)c1=O. The summed E-state index contributed by atoms with van der Waals surface area (Å²) in [5.41, 5.74) is -5.82. The second kappa shape index (κ2) is 6.43. The average Bonchev–Trinajstić information content (AvgIpc) is 3.33. The molecule has 0 unspecified atom stereocenters. The van der Waals surface area contributed by atoms with Crippen LogP contribution in [-0.4, -0.2) is 37.4 Å². The molecule has 0 saturated heterocycles. The lowest BCUT2D eigenvalue weighted by atomic mass is 10.3. The Kier molecular flexibility index (Phi) is 2.81. The van der Waals surface area contributed by atoms with Crippen LogP contribution in [0.1, 0.15) is 14.6 Å². The molecule has 12 nitrogen and oxygen atoms in total. The number of aryl methyl sites for hydroxylation is 4. The van der Waals surface area contributed by atoms with Crippen LogP contribution in [-0.2, 0) is 41.2 Å². The van der Waals surface area contributed by atoms with Gasteiger partial charge in [0.05, 0.1) is 18.1 Å². The lowest BCUT2D eigenvalue weighted by molar-refractivity contribution is 0.501. The van der Waals surface area contributed by atoms with E-state index in [0.29, 0.717) is 0 Å². The van der Waals surface area contributed by atoms with Crippen molar-refractivity contribution in [1.29, 1.82) is 0 Å². The molecule has 0 atom stereocenters. The van der Waals surface area contributed by atoms with Crippen molar-refractivity contribution in [1.82, 2.24) is 37.4 Å². The molecule has 0 fully saturated rings. The molecule has 0 saturated carbocycles. The Morgan fingerprint density at radius 1 is 0.759 bits per heavy atom. The van der Waals surface area contributed by atoms with Crippen LogP contribution in [0.3, 0.4) is 0 Å². The Bertz CT molecular complexity index is 1640. The normalized spacial score (nSPS) is 16.3. The van der Waals surface area contributed by atoms with Gasteiger partial charge in [0.1, 0.15) is 0 Å². The summed E-state index contributed by atoms with van der Waals surface area (Å²) in [6.07, 6.45) is -1.41. The van der Waals surface area contributed by atoms with Gasteiger partial charge in [0, 0.05) is 43.9 Å². The van der Waals surface area contributed by atoms with Crippen molar-refractivity contribution in [2.24, 2.45) is 28.2 Å². The molecule has 0 radical (unpaired) electrons. The Balaban J connectivity index is 2.07. The van der Waals surface area contributed by atoms with Gasteiger partial charge in [-0.05, 0) is 6.37 Å². The average molecular weight is 406 g/mol. The summed E-state index contributed by atoms with van der Waals surface area (Å²) in [4.78, 5) is 60.0. The summed E-state index contributed by atoms with van der Waals surface area (Å²) >= 11 is 0. The highest BCUT2D eigenvalue weighted by Crippen LogP contribution is 2.04. The molecule has 4 rings (SSSR count). The van der Waals surface area contributed by atoms with Crippen molar-refractivity contribution in [3.63, 3.8) is 0 Å². The van der Waals surface area contributed by atoms with Gasteiger partial charge in [0.15, 0.2) is 22.3 Å². The first-order valence-electron chi connectivity index (χ1n) is 11.3. The minimum Gasteiger partial charge on any atom is -0.328 e. The van der Waals surface area contributed by atoms with Crippen molar-refractivity contribution in [3.05, 3.63) is 54.3 Å². The van der Waals surface area contributed by atoms with Gasteiger partial charge >= 0.3 is 11.4 Å². The molecule has 4 aromatic heterocycles. The van der Waals surface area contributed by atoms with Gasteiger partial charge in [-0.3, -0.25) is 27.9 Å². The largest absolute Gasteiger partial charge is 0.332 e. The molecule has 4 heterocycles. The maximum atomic E-state index is 13.1. The molecule has 0 amide bonds. The first kappa shape index (κ1) is 12.7. The molecule has 29 heavy (non-hydrogen) atoms. The zero-order valence-corrected chi connectivity index (χ0v) is 15.9. The Hall–Kier alpha value is -3.70. The van der Waals surface area contributed by atoms with Crippen LogP contribution in [0.5, 0.6) is 0 Å². The van der Waals surface area contributed by atoms with E-state index in [1.165, 1.54) is 50.0 Å². The standard InChI is InChI=1S/C17H20N8O4/c1-20-8-18-12-10(20)14(26)24(16(28)22(12)3)6-5-7-25-15(27)11-13(19-9-21(11)2)23(4)17(25)29/h8-9H,5-7H2,1-4H3/i5D2,6D2,7D2. The number of rotatable bonds is 4. The molecule has 0 spiro atoms. The molecule has 0 N–H and O–H groups in total. The smallest absolute Gasteiger partial charge is 0.328 e.